The van der Waals surface area contributed by atoms with Crippen LogP contribution in [0.2, 0.25) is 0 Å². The van der Waals surface area contributed by atoms with Gasteiger partial charge in [0.05, 0.1) is 13.2 Å². The van der Waals surface area contributed by atoms with Gasteiger partial charge in [0.2, 0.25) is 0 Å². The number of allylic oxidation sites excluding steroid dienone is 1. The number of aliphatic hydroxyl groups excluding tert-OH is 2. The second kappa shape index (κ2) is 11.7. The van der Waals surface area contributed by atoms with Crippen LogP contribution in [0.3, 0.4) is 0 Å². The Hall–Kier alpha value is -3.60. The molecule has 0 fully saturated rings. The molecular weight excluding hydrogens is 436 g/mol. The molecule has 0 saturated carbocycles. The average molecular weight is 469 g/mol. The van der Waals surface area contributed by atoms with E-state index < -0.39 is 0 Å². The third kappa shape index (κ3) is 5.56. The molecule has 35 heavy (non-hydrogen) atoms. The first kappa shape index (κ1) is 24.5. The first-order chi connectivity index (χ1) is 17.2. The summed E-state index contributed by atoms with van der Waals surface area (Å²) >= 11 is 0. The zero-order valence-corrected chi connectivity index (χ0v) is 20.3. The molecule has 4 nitrogen and oxygen atoms in total. The molecule has 4 aromatic rings. The average Bonchev–Trinajstić information content (AvgIpc) is 2.90. The van der Waals surface area contributed by atoms with Crippen LogP contribution in [0, 0.1) is 0 Å². The van der Waals surface area contributed by atoms with Gasteiger partial charge < -0.3 is 19.7 Å². The van der Waals surface area contributed by atoms with Crippen molar-refractivity contribution in [3.05, 3.63) is 90.0 Å². The number of fused-ring (bicyclic) bond motifs is 1. The Labute approximate surface area is 207 Å². The SMILES string of the molecule is C/C=C\c1ccc(-c2cc(OCCO)c(-c3ccc4ccccc4c3)cc2OCCO)cc1CC. The number of ether oxygens (including phenoxy) is 2. The molecule has 0 radical (unpaired) electrons. The molecule has 0 amide bonds. The normalized spacial score (nSPS) is 11.3. The molecule has 0 aliphatic carbocycles. The third-order valence-electron chi connectivity index (χ3n) is 6.02. The van der Waals surface area contributed by atoms with Crippen LogP contribution in [0.1, 0.15) is 25.0 Å². The Morgan fingerprint density at radius 1 is 0.714 bits per heavy atom. The van der Waals surface area contributed by atoms with E-state index in [-0.39, 0.29) is 26.4 Å². The molecule has 2 N–H and O–H groups in total. The highest BCUT2D eigenvalue weighted by Crippen LogP contribution is 2.42. The lowest BCUT2D eigenvalue weighted by atomic mass is 9.94. The van der Waals surface area contributed by atoms with E-state index in [1.807, 2.05) is 37.3 Å². The van der Waals surface area contributed by atoms with Gasteiger partial charge in [-0.25, -0.2) is 0 Å². The van der Waals surface area contributed by atoms with Gasteiger partial charge >= 0.3 is 0 Å². The molecule has 0 atom stereocenters. The number of aliphatic hydroxyl groups is 2. The van der Waals surface area contributed by atoms with Gasteiger partial charge in [-0.1, -0.05) is 73.7 Å². The first-order valence-corrected chi connectivity index (χ1v) is 12.1. The Kier molecular flexibility index (Phi) is 8.19. The van der Waals surface area contributed by atoms with Gasteiger partial charge in [0.1, 0.15) is 24.7 Å². The molecule has 0 heterocycles. The molecule has 0 aliphatic rings. The van der Waals surface area contributed by atoms with Crippen LogP contribution in [-0.4, -0.2) is 36.6 Å². The Balaban J connectivity index is 1.89. The van der Waals surface area contributed by atoms with Crippen molar-refractivity contribution < 1.29 is 19.7 Å². The number of hydrogen-bond donors (Lipinski definition) is 2. The summed E-state index contributed by atoms with van der Waals surface area (Å²) in [6, 6.07) is 24.9. The number of aryl methyl sites for hydroxylation is 1. The maximum atomic E-state index is 9.46. The highest BCUT2D eigenvalue weighted by atomic mass is 16.5. The Morgan fingerprint density at radius 2 is 1.31 bits per heavy atom. The van der Waals surface area contributed by atoms with Crippen molar-refractivity contribution in [2.24, 2.45) is 0 Å². The summed E-state index contributed by atoms with van der Waals surface area (Å²) in [7, 11) is 0. The second-order valence-electron chi connectivity index (χ2n) is 8.32. The van der Waals surface area contributed by atoms with Crippen molar-refractivity contribution in [3.8, 4) is 33.8 Å². The maximum absolute atomic E-state index is 9.46. The lowest BCUT2D eigenvalue weighted by Gasteiger charge is -2.19. The zero-order valence-electron chi connectivity index (χ0n) is 20.3. The quantitative estimate of drug-likeness (QED) is 0.278. The molecule has 4 rings (SSSR count). The summed E-state index contributed by atoms with van der Waals surface area (Å²) in [5.41, 5.74) is 6.21. The number of hydrogen-bond acceptors (Lipinski definition) is 4. The molecule has 0 aromatic heterocycles. The van der Waals surface area contributed by atoms with E-state index in [1.54, 1.807) is 0 Å². The first-order valence-electron chi connectivity index (χ1n) is 12.1. The minimum Gasteiger partial charge on any atom is -0.491 e. The topological polar surface area (TPSA) is 58.9 Å². The molecular formula is C31H32O4. The van der Waals surface area contributed by atoms with Crippen molar-refractivity contribution in [1.29, 1.82) is 0 Å². The lowest BCUT2D eigenvalue weighted by Crippen LogP contribution is -2.06. The zero-order chi connectivity index (χ0) is 24.6. The van der Waals surface area contributed by atoms with Crippen LogP contribution in [0.5, 0.6) is 11.5 Å². The van der Waals surface area contributed by atoms with E-state index in [9.17, 15) is 10.2 Å². The molecule has 0 saturated heterocycles. The summed E-state index contributed by atoms with van der Waals surface area (Å²) in [6.45, 7) is 4.40. The number of rotatable bonds is 10. The summed E-state index contributed by atoms with van der Waals surface area (Å²) in [5.74, 6) is 1.36. The van der Waals surface area contributed by atoms with E-state index in [4.69, 9.17) is 9.47 Å². The van der Waals surface area contributed by atoms with Gasteiger partial charge in [-0.15, -0.1) is 0 Å². The van der Waals surface area contributed by atoms with Gasteiger partial charge in [-0.3, -0.25) is 0 Å². The minimum atomic E-state index is -0.0761. The predicted molar refractivity (Wildman–Crippen MR) is 144 cm³/mol. The van der Waals surface area contributed by atoms with E-state index >= 15 is 0 Å². The van der Waals surface area contributed by atoms with E-state index in [1.165, 1.54) is 11.1 Å². The third-order valence-corrected chi connectivity index (χ3v) is 6.02. The fourth-order valence-corrected chi connectivity index (χ4v) is 4.34. The molecule has 0 aliphatic heterocycles. The van der Waals surface area contributed by atoms with Crippen LogP contribution in [0.4, 0.5) is 0 Å². The van der Waals surface area contributed by atoms with Crippen LogP contribution >= 0.6 is 0 Å². The summed E-state index contributed by atoms with van der Waals surface area (Å²) in [5, 5.41) is 21.2. The molecule has 180 valence electrons. The summed E-state index contributed by atoms with van der Waals surface area (Å²) < 4.78 is 12.1. The van der Waals surface area contributed by atoms with Crippen molar-refractivity contribution in [1.82, 2.24) is 0 Å². The highest BCUT2D eigenvalue weighted by Gasteiger charge is 2.17. The van der Waals surface area contributed by atoms with Gasteiger partial charge in [-0.2, -0.15) is 0 Å². The smallest absolute Gasteiger partial charge is 0.128 e. The van der Waals surface area contributed by atoms with E-state index in [2.05, 4.69) is 61.5 Å². The molecule has 0 spiro atoms. The van der Waals surface area contributed by atoms with Crippen molar-refractivity contribution in [2.45, 2.75) is 20.3 Å². The van der Waals surface area contributed by atoms with E-state index in [0.29, 0.717) is 11.5 Å². The molecule has 4 aromatic carbocycles. The lowest BCUT2D eigenvalue weighted by molar-refractivity contribution is 0.199. The Morgan fingerprint density at radius 3 is 1.91 bits per heavy atom. The fraction of sp³-hybridized carbons (Fsp3) is 0.226. The van der Waals surface area contributed by atoms with Crippen molar-refractivity contribution in [3.63, 3.8) is 0 Å². The monoisotopic (exact) mass is 468 g/mol. The van der Waals surface area contributed by atoms with Crippen molar-refractivity contribution >= 4 is 16.8 Å². The molecule has 4 heteroatoms. The van der Waals surface area contributed by atoms with Gasteiger partial charge in [0.15, 0.2) is 0 Å². The van der Waals surface area contributed by atoms with Crippen molar-refractivity contribution in [2.75, 3.05) is 26.4 Å². The van der Waals surface area contributed by atoms with Gasteiger partial charge in [0, 0.05) is 11.1 Å². The van der Waals surface area contributed by atoms with Crippen LogP contribution in [0.25, 0.3) is 39.1 Å². The van der Waals surface area contributed by atoms with Crippen LogP contribution in [0.15, 0.2) is 78.9 Å². The molecule has 0 bridgehead atoms. The second-order valence-corrected chi connectivity index (χ2v) is 8.32. The van der Waals surface area contributed by atoms with Crippen LogP contribution in [-0.2, 0) is 6.42 Å². The highest BCUT2D eigenvalue weighted by molar-refractivity contribution is 5.90. The Bertz CT molecular complexity index is 1320. The summed E-state index contributed by atoms with van der Waals surface area (Å²) in [6.07, 6.45) is 5.07. The van der Waals surface area contributed by atoms with Crippen LogP contribution < -0.4 is 9.47 Å². The largest absolute Gasteiger partial charge is 0.491 e. The fourth-order valence-electron chi connectivity index (χ4n) is 4.34. The summed E-state index contributed by atoms with van der Waals surface area (Å²) in [4.78, 5) is 0. The van der Waals surface area contributed by atoms with Gasteiger partial charge in [0.25, 0.3) is 0 Å². The maximum Gasteiger partial charge on any atom is 0.128 e. The van der Waals surface area contributed by atoms with Gasteiger partial charge in [-0.05, 0) is 64.6 Å². The predicted octanol–water partition coefficient (Wildman–Crippen LogP) is 6.51. The molecule has 0 unspecified atom stereocenters. The minimum absolute atomic E-state index is 0.0754. The standard InChI is InChI=1S/C31H32O4/c1-3-7-23-10-12-26(18-22(23)4-2)28-20-31(35-17-15-33)29(21-30(28)34-16-14-32)27-13-11-24-8-5-6-9-25(24)19-27/h3,5-13,18-21,32-33H,4,14-17H2,1-2H3/b7-3-. The van der Waals surface area contributed by atoms with E-state index in [0.717, 1.165) is 39.4 Å². The number of benzene rings is 4.